The molecule has 0 bridgehead atoms. The van der Waals surface area contributed by atoms with E-state index in [4.69, 9.17) is 37.8 Å². The topological polar surface area (TPSA) is 85.7 Å². The third-order valence-electron chi connectivity index (χ3n) is 2.90. The second-order valence-corrected chi connectivity index (χ2v) is 5.65. The molecule has 0 spiro atoms. The van der Waals surface area contributed by atoms with Crippen LogP contribution in [-0.4, -0.2) is 27.9 Å². The Morgan fingerprint density at radius 1 is 1.21 bits per heavy atom. The zero-order chi connectivity index (χ0) is 17.7. The number of benzene rings is 1. The minimum Gasteiger partial charge on any atom is -0.483 e. The molecule has 0 fully saturated rings. The van der Waals surface area contributed by atoms with Gasteiger partial charge in [0.05, 0.1) is 5.02 Å². The number of pyridine rings is 1. The molecule has 0 aliphatic heterocycles. The quantitative estimate of drug-likeness (QED) is 0.742. The van der Waals surface area contributed by atoms with Gasteiger partial charge in [0, 0.05) is 6.20 Å². The fourth-order valence-electron chi connectivity index (χ4n) is 1.74. The van der Waals surface area contributed by atoms with Crippen LogP contribution in [0, 0.1) is 0 Å². The van der Waals surface area contributed by atoms with Crippen molar-refractivity contribution in [3.63, 3.8) is 0 Å². The molecule has 0 radical (unpaired) electrons. The molecule has 1 unspecified atom stereocenters. The van der Waals surface area contributed by atoms with Crippen molar-refractivity contribution in [2.24, 2.45) is 0 Å². The van der Waals surface area contributed by atoms with Crippen molar-refractivity contribution in [1.29, 1.82) is 0 Å². The first-order chi connectivity index (χ1) is 11.3. The summed E-state index contributed by atoms with van der Waals surface area (Å²) in [7, 11) is 0. The fraction of sp³-hybridized carbons (Fsp3) is 0.188. The van der Waals surface area contributed by atoms with Crippen molar-refractivity contribution < 1.29 is 24.2 Å². The number of ketones is 1. The minimum absolute atomic E-state index is 0.208. The van der Waals surface area contributed by atoms with Crippen molar-refractivity contribution in [1.82, 2.24) is 4.98 Å². The summed E-state index contributed by atoms with van der Waals surface area (Å²) in [4.78, 5) is 26.1. The lowest BCUT2D eigenvalue weighted by atomic mass is 10.2. The number of carbonyl (C=O) groups is 2. The van der Waals surface area contributed by atoms with Crippen molar-refractivity contribution in [2.75, 3.05) is 0 Å². The largest absolute Gasteiger partial charge is 0.483 e. The highest BCUT2D eigenvalue weighted by Crippen LogP contribution is 2.30. The molecule has 0 saturated carbocycles. The Morgan fingerprint density at radius 2 is 1.83 bits per heavy atom. The lowest BCUT2D eigenvalue weighted by molar-refractivity contribution is -0.141. The third-order valence-corrected chi connectivity index (χ3v) is 3.38. The van der Waals surface area contributed by atoms with Gasteiger partial charge in [-0.1, -0.05) is 23.2 Å². The zero-order valence-corrected chi connectivity index (χ0v) is 14.0. The smallest absolute Gasteiger partial charge is 0.311 e. The average molecular weight is 370 g/mol. The molecule has 0 amide bonds. The van der Waals surface area contributed by atoms with Crippen molar-refractivity contribution in [3.8, 4) is 17.4 Å². The maximum Gasteiger partial charge on any atom is 0.311 e. The fourth-order valence-corrected chi connectivity index (χ4v) is 2.16. The summed E-state index contributed by atoms with van der Waals surface area (Å²) in [5.41, 5.74) is 0. The van der Waals surface area contributed by atoms with Crippen molar-refractivity contribution >= 4 is 35.0 Å². The van der Waals surface area contributed by atoms with E-state index in [9.17, 15) is 9.59 Å². The van der Waals surface area contributed by atoms with Gasteiger partial charge in [0.15, 0.2) is 11.9 Å². The first-order valence-corrected chi connectivity index (χ1v) is 7.61. The number of carboxylic acids is 1. The number of aliphatic carboxylic acids is 1. The summed E-state index contributed by atoms with van der Waals surface area (Å²) in [6.45, 7) is 1.49. The Hall–Kier alpha value is -2.31. The first kappa shape index (κ1) is 18.0. The van der Waals surface area contributed by atoms with E-state index in [1.54, 1.807) is 24.3 Å². The summed E-state index contributed by atoms with van der Waals surface area (Å²) in [5.74, 6) is -0.626. The van der Waals surface area contributed by atoms with Crippen LogP contribution in [0.5, 0.6) is 17.4 Å². The van der Waals surface area contributed by atoms with E-state index < -0.39 is 24.3 Å². The van der Waals surface area contributed by atoms with E-state index in [1.165, 1.54) is 19.2 Å². The predicted molar refractivity (Wildman–Crippen MR) is 88.1 cm³/mol. The second kappa shape index (κ2) is 7.99. The van der Waals surface area contributed by atoms with Gasteiger partial charge in [-0.15, -0.1) is 0 Å². The Bertz CT molecular complexity index is 749. The van der Waals surface area contributed by atoms with E-state index in [-0.39, 0.29) is 10.9 Å². The number of carbonyl (C=O) groups excluding carboxylic acids is 1. The van der Waals surface area contributed by atoms with Gasteiger partial charge in [-0.25, -0.2) is 4.98 Å². The highest BCUT2D eigenvalue weighted by Gasteiger charge is 2.17. The van der Waals surface area contributed by atoms with Crippen LogP contribution in [0.4, 0.5) is 0 Å². The molecular weight excluding hydrogens is 357 g/mol. The number of nitrogens with zero attached hydrogens (tertiary/aromatic N) is 1. The van der Waals surface area contributed by atoms with Crippen LogP contribution in [0.2, 0.25) is 10.0 Å². The van der Waals surface area contributed by atoms with E-state index in [2.05, 4.69) is 4.98 Å². The van der Waals surface area contributed by atoms with Gasteiger partial charge < -0.3 is 14.6 Å². The third kappa shape index (κ3) is 5.11. The maximum absolute atomic E-state index is 11.6. The van der Waals surface area contributed by atoms with Gasteiger partial charge in [-0.3, -0.25) is 9.59 Å². The number of hydrogen-bond acceptors (Lipinski definition) is 5. The SMILES string of the molecule is CC(Oc1ccc(Oc2ncc(Cl)cc2Cl)cc1)C(=O)CC(=O)O. The average Bonchev–Trinajstić information content (AvgIpc) is 2.51. The predicted octanol–water partition coefficient (Wildman–Crippen LogP) is 3.99. The lowest BCUT2D eigenvalue weighted by Gasteiger charge is -2.13. The Labute approximate surface area is 147 Å². The van der Waals surface area contributed by atoms with Gasteiger partial charge in [0.2, 0.25) is 5.88 Å². The Morgan fingerprint density at radius 3 is 2.42 bits per heavy atom. The first-order valence-electron chi connectivity index (χ1n) is 6.85. The van der Waals surface area contributed by atoms with Crippen LogP contribution in [0.25, 0.3) is 0 Å². The monoisotopic (exact) mass is 369 g/mol. The molecule has 1 aromatic heterocycles. The number of hydrogen-bond donors (Lipinski definition) is 1. The van der Waals surface area contributed by atoms with Crippen LogP contribution in [0.15, 0.2) is 36.5 Å². The number of carboxylic acid groups (broad SMARTS) is 1. The zero-order valence-electron chi connectivity index (χ0n) is 12.5. The van der Waals surface area contributed by atoms with E-state index in [1.807, 2.05) is 0 Å². The van der Waals surface area contributed by atoms with Crippen LogP contribution in [0.3, 0.4) is 0 Å². The summed E-state index contributed by atoms with van der Waals surface area (Å²) in [5, 5.41) is 9.27. The Balaban J connectivity index is 2.00. The number of ether oxygens (including phenoxy) is 2. The molecule has 1 atom stereocenters. The number of rotatable bonds is 7. The van der Waals surface area contributed by atoms with Crippen LogP contribution in [-0.2, 0) is 9.59 Å². The van der Waals surface area contributed by atoms with Gasteiger partial charge >= 0.3 is 5.97 Å². The molecule has 24 heavy (non-hydrogen) atoms. The van der Waals surface area contributed by atoms with Crippen LogP contribution in [0.1, 0.15) is 13.3 Å². The standard InChI is InChI=1S/C16H13Cl2NO5/c1-9(14(20)7-15(21)22)23-11-2-4-12(5-3-11)24-16-13(18)6-10(17)8-19-16/h2-6,8-9H,7H2,1H3,(H,21,22). The highest BCUT2D eigenvalue weighted by molar-refractivity contribution is 6.35. The van der Waals surface area contributed by atoms with Gasteiger partial charge in [-0.2, -0.15) is 0 Å². The molecule has 1 aromatic carbocycles. The number of Topliss-reactive ketones (excluding diaryl/α,β-unsaturated/α-hetero) is 1. The lowest BCUT2D eigenvalue weighted by Crippen LogP contribution is -2.25. The Kier molecular flexibility index (Phi) is 6.00. The molecule has 8 heteroatoms. The van der Waals surface area contributed by atoms with E-state index >= 15 is 0 Å². The highest BCUT2D eigenvalue weighted by atomic mass is 35.5. The molecule has 126 valence electrons. The van der Waals surface area contributed by atoms with Crippen molar-refractivity contribution in [3.05, 3.63) is 46.6 Å². The van der Waals surface area contributed by atoms with Crippen LogP contribution < -0.4 is 9.47 Å². The summed E-state index contributed by atoms with van der Waals surface area (Å²) in [6, 6.07) is 7.90. The molecule has 0 aliphatic carbocycles. The van der Waals surface area contributed by atoms with E-state index in [0.717, 1.165) is 0 Å². The number of halogens is 2. The normalized spacial score (nSPS) is 11.6. The molecule has 1 N–H and O–H groups in total. The molecular formula is C16H13Cl2NO5. The molecule has 0 saturated heterocycles. The van der Waals surface area contributed by atoms with Gasteiger partial charge in [-0.05, 0) is 37.3 Å². The molecule has 0 aliphatic rings. The molecule has 2 aromatic rings. The number of aromatic nitrogens is 1. The van der Waals surface area contributed by atoms with E-state index in [0.29, 0.717) is 16.5 Å². The molecule has 6 nitrogen and oxygen atoms in total. The summed E-state index contributed by atoms with van der Waals surface area (Å²) >= 11 is 11.7. The molecule has 2 rings (SSSR count). The maximum atomic E-state index is 11.6. The minimum atomic E-state index is -1.19. The summed E-state index contributed by atoms with van der Waals surface area (Å²) < 4.78 is 10.9. The van der Waals surface area contributed by atoms with Crippen LogP contribution >= 0.6 is 23.2 Å². The molecule has 1 heterocycles. The summed E-state index contributed by atoms with van der Waals surface area (Å²) in [6.07, 6.45) is -0.0285. The van der Waals surface area contributed by atoms with Gasteiger partial charge in [0.1, 0.15) is 22.9 Å². The van der Waals surface area contributed by atoms with Crippen molar-refractivity contribution in [2.45, 2.75) is 19.4 Å². The second-order valence-electron chi connectivity index (χ2n) is 4.81. The van der Waals surface area contributed by atoms with Gasteiger partial charge in [0.25, 0.3) is 0 Å².